The van der Waals surface area contributed by atoms with Crippen molar-refractivity contribution in [3.63, 3.8) is 0 Å². The minimum Gasteiger partial charge on any atom is -0.385 e. The molecule has 1 aromatic rings. The third-order valence-electron chi connectivity index (χ3n) is 2.95. The molecule has 0 heterocycles. The molecule has 0 fully saturated rings. The number of amides is 2. The van der Waals surface area contributed by atoms with Gasteiger partial charge in [0.2, 0.25) is 10.0 Å². The van der Waals surface area contributed by atoms with Crippen molar-refractivity contribution in [3.05, 3.63) is 24.3 Å². The van der Waals surface area contributed by atoms with E-state index in [4.69, 9.17) is 4.74 Å². The molecule has 0 saturated carbocycles. The molecule has 8 heteroatoms. The van der Waals surface area contributed by atoms with Gasteiger partial charge in [-0.05, 0) is 51.5 Å². The number of anilines is 1. The molecule has 1 rings (SSSR count). The fourth-order valence-electron chi connectivity index (χ4n) is 1.85. The molecule has 0 aliphatic heterocycles. The normalized spacial score (nSPS) is 12.9. The third kappa shape index (κ3) is 6.98. The Labute approximate surface area is 137 Å². The first-order valence-corrected chi connectivity index (χ1v) is 8.91. The third-order valence-corrected chi connectivity index (χ3v) is 4.62. The number of carbonyl (C=O) groups excluding carboxylic acids is 1. The van der Waals surface area contributed by atoms with Gasteiger partial charge in [0.25, 0.3) is 0 Å². The van der Waals surface area contributed by atoms with Gasteiger partial charge in [0.15, 0.2) is 0 Å². The van der Waals surface area contributed by atoms with Gasteiger partial charge in [-0.3, -0.25) is 0 Å². The first-order chi connectivity index (χ1) is 10.7. The lowest BCUT2D eigenvalue weighted by atomic mass is 10.2. The first kappa shape index (κ1) is 19.4. The average Bonchev–Trinajstić information content (AvgIpc) is 2.44. The lowest BCUT2D eigenvalue weighted by Crippen LogP contribution is -2.36. The molecule has 1 aromatic carbocycles. The summed E-state index contributed by atoms with van der Waals surface area (Å²) in [6.45, 7) is 5.95. The Morgan fingerprint density at radius 1 is 1.17 bits per heavy atom. The molecular formula is C15H25N3O4S. The van der Waals surface area contributed by atoms with E-state index in [-0.39, 0.29) is 23.0 Å². The van der Waals surface area contributed by atoms with E-state index in [2.05, 4.69) is 15.4 Å². The number of hydrogen-bond donors (Lipinski definition) is 3. The molecule has 0 saturated heterocycles. The van der Waals surface area contributed by atoms with Crippen LogP contribution in [0, 0.1) is 0 Å². The van der Waals surface area contributed by atoms with Gasteiger partial charge >= 0.3 is 6.03 Å². The van der Waals surface area contributed by atoms with Gasteiger partial charge < -0.3 is 15.4 Å². The van der Waals surface area contributed by atoms with E-state index in [9.17, 15) is 13.2 Å². The van der Waals surface area contributed by atoms with Crippen molar-refractivity contribution in [3.8, 4) is 0 Å². The van der Waals surface area contributed by atoms with Crippen LogP contribution in [-0.4, -0.2) is 40.2 Å². The number of rotatable bonds is 8. The molecule has 0 spiro atoms. The summed E-state index contributed by atoms with van der Waals surface area (Å²) in [5, 5.41) is 5.44. The van der Waals surface area contributed by atoms with Crippen molar-refractivity contribution in [2.45, 2.75) is 44.2 Å². The summed E-state index contributed by atoms with van der Waals surface area (Å²) < 4.78 is 31.5. The topological polar surface area (TPSA) is 96.5 Å². The zero-order valence-corrected chi connectivity index (χ0v) is 14.7. The molecule has 0 unspecified atom stereocenters. The van der Waals surface area contributed by atoms with Gasteiger partial charge in [-0.15, -0.1) is 0 Å². The second-order valence-electron chi connectivity index (χ2n) is 5.58. The highest BCUT2D eigenvalue weighted by Crippen LogP contribution is 2.14. The van der Waals surface area contributed by atoms with Gasteiger partial charge in [-0.25, -0.2) is 17.9 Å². The Balaban J connectivity index is 2.62. The van der Waals surface area contributed by atoms with E-state index in [1.165, 1.54) is 12.1 Å². The predicted octanol–water partition coefficient (Wildman–Crippen LogP) is 1.92. The van der Waals surface area contributed by atoms with Gasteiger partial charge in [-0.1, -0.05) is 0 Å². The molecular weight excluding hydrogens is 318 g/mol. The van der Waals surface area contributed by atoms with Crippen LogP contribution in [0.4, 0.5) is 10.5 Å². The van der Waals surface area contributed by atoms with Crippen LogP contribution < -0.4 is 15.4 Å². The SMILES string of the molecule is COCC[C@H](C)NC(=O)Nc1ccc(S(=O)(=O)NC(C)C)cc1. The largest absolute Gasteiger partial charge is 0.385 e. The van der Waals surface area contributed by atoms with Crippen LogP contribution in [0.15, 0.2) is 29.2 Å². The average molecular weight is 343 g/mol. The molecule has 0 bridgehead atoms. The molecule has 7 nitrogen and oxygen atoms in total. The summed E-state index contributed by atoms with van der Waals surface area (Å²) in [5.74, 6) is 0. The fourth-order valence-corrected chi connectivity index (χ4v) is 3.10. The van der Waals surface area contributed by atoms with Crippen LogP contribution in [0.25, 0.3) is 0 Å². The maximum atomic E-state index is 12.0. The highest BCUT2D eigenvalue weighted by atomic mass is 32.2. The van der Waals surface area contributed by atoms with Crippen LogP contribution in [0.5, 0.6) is 0 Å². The van der Waals surface area contributed by atoms with E-state index in [0.29, 0.717) is 18.7 Å². The smallest absolute Gasteiger partial charge is 0.319 e. The number of hydrogen-bond acceptors (Lipinski definition) is 4. The number of urea groups is 1. The van der Waals surface area contributed by atoms with E-state index in [0.717, 1.165) is 0 Å². The first-order valence-electron chi connectivity index (χ1n) is 7.43. The number of methoxy groups -OCH3 is 1. The minimum atomic E-state index is -3.53. The molecule has 3 N–H and O–H groups in total. The van der Waals surface area contributed by atoms with Gasteiger partial charge in [0, 0.05) is 31.5 Å². The number of benzene rings is 1. The summed E-state index contributed by atoms with van der Waals surface area (Å²) in [4.78, 5) is 12.0. The summed E-state index contributed by atoms with van der Waals surface area (Å²) in [5.41, 5.74) is 0.518. The van der Waals surface area contributed by atoms with Crippen molar-refractivity contribution >= 4 is 21.7 Å². The maximum Gasteiger partial charge on any atom is 0.319 e. The Bertz CT molecular complexity index is 600. The second-order valence-corrected chi connectivity index (χ2v) is 7.30. The van der Waals surface area contributed by atoms with Crippen molar-refractivity contribution < 1.29 is 17.9 Å². The highest BCUT2D eigenvalue weighted by molar-refractivity contribution is 7.89. The molecule has 0 aliphatic carbocycles. The number of sulfonamides is 1. The van der Waals surface area contributed by atoms with E-state index < -0.39 is 10.0 Å². The van der Waals surface area contributed by atoms with Gasteiger partial charge in [0.1, 0.15) is 0 Å². The second kappa shape index (κ2) is 8.85. The van der Waals surface area contributed by atoms with Crippen molar-refractivity contribution in [2.75, 3.05) is 19.0 Å². The summed E-state index contributed by atoms with van der Waals surface area (Å²) >= 11 is 0. The molecule has 23 heavy (non-hydrogen) atoms. The summed E-state index contributed by atoms with van der Waals surface area (Å²) in [6, 6.07) is 5.46. The minimum absolute atomic E-state index is 0.0233. The summed E-state index contributed by atoms with van der Waals surface area (Å²) in [6.07, 6.45) is 0.710. The Hall–Kier alpha value is -1.64. The maximum absolute atomic E-state index is 12.0. The van der Waals surface area contributed by atoms with Crippen molar-refractivity contribution in [1.29, 1.82) is 0 Å². The molecule has 130 valence electrons. The predicted molar refractivity (Wildman–Crippen MR) is 90.0 cm³/mol. The van der Waals surface area contributed by atoms with E-state index in [1.54, 1.807) is 33.1 Å². The molecule has 0 aromatic heterocycles. The lowest BCUT2D eigenvalue weighted by molar-refractivity contribution is 0.185. The van der Waals surface area contributed by atoms with Crippen LogP contribution in [0.1, 0.15) is 27.2 Å². The van der Waals surface area contributed by atoms with Gasteiger partial charge in [-0.2, -0.15) is 0 Å². The molecule has 2 amide bonds. The fraction of sp³-hybridized carbons (Fsp3) is 0.533. The zero-order valence-electron chi connectivity index (χ0n) is 13.9. The van der Waals surface area contributed by atoms with E-state index >= 15 is 0 Å². The molecule has 0 radical (unpaired) electrons. The van der Waals surface area contributed by atoms with E-state index in [1.807, 2.05) is 6.92 Å². The Morgan fingerprint density at radius 3 is 2.30 bits per heavy atom. The molecule has 1 atom stereocenters. The summed E-state index contributed by atoms with van der Waals surface area (Å²) in [7, 11) is -1.92. The van der Waals surface area contributed by atoms with Crippen molar-refractivity contribution in [1.82, 2.24) is 10.0 Å². The lowest BCUT2D eigenvalue weighted by Gasteiger charge is -2.14. The number of nitrogens with one attached hydrogen (secondary N) is 3. The highest BCUT2D eigenvalue weighted by Gasteiger charge is 2.15. The number of ether oxygens (including phenoxy) is 1. The quantitative estimate of drug-likeness (QED) is 0.672. The Morgan fingerprint density at radius 2 is 1.78 bits per heavy atom. The molecule has 0 aliphatic rings. The standard InChI is InChI=1S/C15H25N3O4S/c1-11(2)18-23(20,21)14-7-5-13(6-8-14)17-15(19)16-12(3)9-10-22-4/h5-8,11-12,18H,9-10H2,1-4H3,(H2,16,17,19)/t12-/m0/s1. The van der Waals surface area contributed by atoms with Crippen LogP contribution in [0.3, 0.4) is 0 Å². The zero-order chi connectivity index (χ0) is 17.5. The van der Waals surface area contributed by atoms with Crippen LogP contribution in [0.2, 0.25) is 0 Å². The van der Waals surface area contributed by atoms with Crippen molar-refractivity contribution in [2.24, 2.45) is 0 Å². The Kier molecular flexibility index (Phi) is 7.47. The number of carbonyl (C=O) groups is 1. The van der Waals surface area contributed by atoms with Crippen LogP contribution in [-0.2, 0) is 14.8 Å². The van der Waals surface area contributed by atoms with Crippen LogP contribution >= 0.6 is 0 Å². The van der Waals surface area contributed by atoms with Gasteiger partial charge in [0.05, 0.1) is 4.90 Å². The monoisotopic (exact) mass is 343 g/mol.